The summed E-state index contributed by atoms with van der Waals surface area (Å²) in [5, 5.41) is 9.58. The molecular formula is C9H18O3S. The quantitative estimate of drug-likeness (QED) is 0.732. The summed E-state index contributed by atoms with van der Waals surface area (Å²) in [5.41, 5.74) is -0.992. The Morgan fingerprint density at radius 3 is 2.46 bits per heavy atom. The van der Waals surface area contributed by atoms with E-state index in [1.165, 1.54) is 0 Å². The smallest absolute Gasteiger partial charge is 0.155 e. The molecule has 0 aromatic rings. The zero-order valence-corrected chi connectivity index (χ0v) is 9.26. The van der Waals surface area contributed by atoms with Gasteiger partial charge in [0.05, 0.1) is 16.6 Å². The van der Waals surface area contributed by atoms with E-state index in [-0.39, 0.29) is 11.7 Å². The molecule has 1 aliphatic heterocycles. The molecule has 3 unspecified atom stereocenters. The number of hydrogen-bond acceptors (Lipinski definition) is 3. The van der Waals surface area contributed by atoms with Crippen LogP contribution in [0.15, 0.2) is 0 Å². The maximum Gasteiger partial charge on any atom is 0.155 e. The summed E-state index contributed by atoms with van der Waals surface area (Å²) in [5.74, 6) is 0.189. The fraction of sp³-hybridized carbons (Fsp3) is 1.00. The van der Waals surface area contributed by atoms with Gasteiger partial charge >= 0.3 is 0 Å². The molecule has 1 aliphatic rings. The Kier molecular flexibility index (Phi) is 2.74. The molecule has 13 heavy (non-hydrogen) atoms. The highest BCUT2D eigenvalue weighted by Gasteiger charge is 2.50. The minimum atomic E-state index is -3.04. The molecule has 4 heteroatoms. The van der Waals surface area contributed by atoms with Gasteiger partial charge in [-0.05, 0) is 19.3 Å². The van der Waals surface area contributed by atoms with Crippen molar-refractivity contribution in [2.75, 3.05) is 5.75 Å². The van der Waals surface area contributed by atoms with Crippen molar-refractivity contribution < 1.29 is 13.5 Å². The van der Waals surface area contributed by atoms with Crippen LogP contribution in [0, 0.1) is 5.92 Å². The minimum Gasteiger partial charge on any atom is -0.388 e. The summed E-state index contributed by atoms with van der Waals surface area (Å²) in [6.45, 7) is 5.51. The van der Waals surface area contributed by atoms with Gasteiger partial charge in [0, 0.05) is 0 Å². The van der Waals surface area contributed by atoms with E-state index >= 15 is 0 Å². The summed E-state index contributed by atoms with van der Waals surface area (Å²) in [6, 6.07) is 0. The van der Waals surface area contributed by atoms with Gasteiger partial charge < -0.3 is 5.11 Å². The van der Waals surface area contributed by atoms with E-state index < -0.39 is 20.7 Å². The van der Waals surface area contributed by atoms with Crippen molar-refractivity contribution in [1.29, 1.82) is 0 Å². The van der Waals surface area contributed by atoms with Gasteiger partial charge in [-0.1, -0.05) is 20.3 Å². The molecule has 0 amide bonds. The van der Waals surface area contributed by atoms with Crippen LogP contribution in [0.3, 0.4) is 0 Å². The van der Waals surface area contributed by atoms with Crippen molar-refractivity contribution in [1.82, 2.24) is 0 Å². The molecule has 1 rings (SSSR count). The van der Waals surface area contributed by atoms with E-state index in [9.17, 15) is 13.5 Å². The van der Waals surface area contributed by atoms with E-state index in [0.717, 1.165) is 6.42 Å². The van der Waals surface area contributed by atoms with Crippen LogP contribution in [-0.2, 0) is 9.84 Å². The summed E-state index contributed by atoms with van der Waals surface area (Å²) < 4.78 is 22.9. The number of aliphatic hydroxyl groups is 1. The maximum absolute atomic E-state index is 11.4. The summed E-state index contributed by atoms with van der Waals surface area (Å²) in [4.78, 5) is 0. The topological polar surface area (TPSA) is 54.4 Å². The summed E-state index contributed by atoms with van der Waals surface area (Å²) in [6.07, 6.45) is 1.21. The molecule has 3 atom stereocenters. The average Bonchev–Trinajstić information content (AvgIpc) is 2.30. The van der Waals surface area contributed by atoms with Gasteiger partial charge in [-0.25, -0.2) is 8.42 Å². The Bertz CT molecular complexity index is 283. The van der Waals surface area contributed by atoms with Crippen molar-refractivity contribution in [3.05, 3.63) is 0 Å². The minimum absolute atomic E-state index is 0.0553. The van der Waals surface area contributed by atoms with Crippen molar-refractivity contribution in [3.63, 3.8) is 0 Å². The van der Waals surface area contributed by atoms with Crippen molar-refractivity contribution in [2.24, 2.45) is 5.92 Å². The zero-order chi connectivity index (χ0) is 10.3. The van der Waals surface area contributed by atoms with Crippen LogP contribution in [0.4, 0.5) is 0 Å². The highest BCUT2D eigenvalue weighted by molar-refractivity contribution is 7.92. The molecule has 3 nitrogen and oxygen atoms in total. The molecule has 1 N–H and O–H groups in total. The normalized spacial score (nSPS) is 40.5. The monoisotopic (exact) mass is 206 g/mol. The zero-order valence-electron chi connectivity index (χ0n) is 8.45. The SMILES string of the molecule is CCC(C)C1(O)CCS(=O)(=O)C1C. The number of sulfone groups is 1. The van der Waals surface area contributed by atoms with Gasteiger partial charge in [0.15, 0.2) is 9.84 Å². The summed E-state index contributed by atoms with van der Waals surface area (Å²) >= 11 is 0. The van der Waals surface area contributed by atoms with Crippen LogP contribution in [0.5, 0.6) is 0 Å². The Hall–Kier alpha value is -0.0900. The Morgan fingerprint density at radius 2 is 2.15 bits per heavy atom. The highest BCUT2D eigenvalue weighted by Crippen LogP contribution is 2.37. The standard InChI is InChI=1S/C9H18O3S/c1-4-7(2)9(10)5-6-13(11,12)8(9)3/h7-8,10H,4-6H2,1-3H3. The fourth-order valence-electron chi connectivity index (χ4n) is 2.00. The first-order chi connectivity index (χ1) is 5.84. The first kappa shape index (κ1) is 11.0. The number of hydrogen-bond donors (Lipinski definition) is 1. The van der Waals surface area contributed by atoms with E-state index in [1.54, 1.807) is 6.92 Å². The molecule has 78 valence electrons. The fourth-order valence-corrected chi connectivity index (χ4v) is 3.93. The van der Waals surface area contributed by atoms with E-state index in [0.29, 0.717) is 6.42 Å². The second-order valence-corrected chi connectivity index (χ2v) is 6.50. The Balaban J connectivity index is 2.96. The second kappa shape index (κ2) is 3.24. The van der Waals surface area contributed by atoms with Gasteiger partial charge in [-0.3, -0.25) is 0 Å². The first-order valence-electron chi connectivity index (χ1n) is 4.78. The third-order valence-corrected chi connectivity index (χ3v) is 5.75. The molecule has 0 saturated carbocycles. The third-order valence-electron chi connectivity index (χ3n) is 3.50. The predicted molar refractivity (Wildman–Crippen MR) is 52.3 cm³/mol. The molecule has 0 radical (unpaired) electrons. The average molecular weight is 206 g/mol. The Morgan fingerprint density at radius 1 is 1.62 bits per heavy atom. The molecule has 0 aromatic heterocycles. The van der Waals surface area contributed by atoms with Crippen molar-refractivity contribution in [3.8, 4) is 0 Å². The van der Waals surface area contributed by atoms with Gasteiger partial charge in [0.2, 0.25) is 0 Å². The Labute approximate surface area is 80.1 Å². The van der Waals surface area contributed by atoms with Crippen LogP contribution in [-0.4, -0.2) is 30.1 Å². The highest BCUT2D eigenvalue weighted by atomic mass is 32.2. The van der Waals surface area contributed by atoms with Crippen LogP contribution in [0.25, 0.3) is 0 Å². The molecule has 0 bridgehead atoms. The lowest BCUT2D eigenvalue weighted by molar-refractivity contribution is -0.00845. The molecule has 0 aromatic carbocycles. The number of rotatable bonds is 2. The summed E-state index contributed by atoms with van der Waals surface area (Å²) in [7, 11) is -3.04. The van der Waals surface area contributed by atoms with Crippen LogP contribution in [0.1, 0.15) is 33.6 Å². The van der Waals surface area contributed by atoms with Gasteiger partial charge in [-0.15, -0.1) is 0 Å². The van der Waals surface area contributed by atoms with Crippen molar-refractivity contribution in [2.45, 2.75) is 44.5 Å². The van der Waals surface area contributed by atoms with Crippen LogP contribution >= 0.6 is 0 Å². The lowest BCUT2D eigenvalue weighted by atomic mass is 9.82. The van der Waals surface area contributed by atoms with E-state index in [4.69, 9.17) is 0 Å². The van der Waals surface area contributed by atoms with Crippen molar-refractivity contribution >= 4 is 9.84 Å². The third kappa shape index (κ3) is 1.62. The van der Waals surface area contributed by atoms with Gasteiger partial charge in [0.25, 0.3) is 0 Å². The van der Waals surface area contributed by atoms with Crippen LogP contribution < -0.4 is 0 Å². The lowest BCUT2D eigenvalue weighted by Gasteiger charge is -2.32. The largest absolute Gasteiger partial charge is 0.388 e. The second-order valence-electron chi connectivity index (χ2n) is 4.06. The maximum atomic E-state index is 11.4. The van der Waals surface area contributed by atoms with Gasteiger partial charge in [-0.2, -0.15) is 0 Å². The molecule has 1 fully saturated rings. The van der Waals surface area contributed by atoms with E-state index in [2.05, 4.69) is 0 Å². The first-order valence-corrected chi connectivity index (χ1v) is 6.50. The lowest BCUT2D eigenvalue weighted by Crippen LogP contribution is -2.43. The molecule has 1 saturated heterocycles. The van der Waals surface area contributed by atoms with Crippen LogP contribution in [0.2, 0.25) is 0 Å². The predicted octanol–water partition coefficient (Wildman–Crippen LogP) is 0.971. The molecular weight excluding hydrogens is 188 g/mol. The van der Waals surface area contributed by atoms with E-state index in [1.807, 2.05) is 13.8 Å². The molecule has 1 heterocycles. The molecule has 0 spiro atoms. The van der Waals surface area contributed by atoms with Gasteiger partial charge in [0.1, 0.15) is 0 Å². The molecule has 0 aliphatic carbocycles.